The Balaban J connectivity index is 1.58. The van der Waals surface area contributed by atoms with Gasteiger partial charge in [-0.15, -0.1) is 11.3 Å². The van der Waals surface area contributed by atoms with Gasteiger partial charge in [0.15, 0.2) is 5.78 Å². The quantitative estimate of drug-likeness (QED) is 0.694. The van der Waals surface area contributed by atoms with Crippen molar-refractivity contribution in [2.45, 2.75) is 0 Å². The van der Waals surface area contributed by atoms with Gasteiger partial charge in [-0.3, -0.25) is 14.5 Å². The molecule has 1 saturated heterocycles. The van der Waals surface area contributed by atoms with Gasteiger partial charge in [0.2, 0.25) is 0 Å². The van der Waals surface area contributed by atoms with Crippen LogP contribution in [0.15, 0.2) is 40.2 Å². The molecule has 1 aromatic carbocycles. The van der Waals surface area contributed by atoms with Crippen LogP contribution in [0.25, 0.3) is 0 Å². The number of hydrogen-bond acceptors (Lipinski definition) is 5. The maximum Gasteiger partial charge on any atom is 0.255 e. The Hall–Kier alpha value is -1.70. The Kier molecular flexibility index (Phi) is 5.88. The number of nitrogens with zero attached hydrogens (tertiary/aromatic N) is 2. The lowest BCUT2D eigenvalue weighted by Gasteiger charge is -2.34. The number of carbonyl (C=O) groups excluding carboxylic acids is 2. The number of hydrogen-bond donors (Lipinski definition) is 0. The van der Waals surface area contributed by atoms with Gasteiger partial charge in [0.25, 0.3) is 5.91 Å². The van der Waals surface area contributed by atoms with E-state index in [9.17, 15) is 9.59 Å². The van der Waals surface area contributed by atoms with Crippen molar-refractivity contribution in [2.24, 2.45) is 0 Å². The Morgan fingerprint density at radius 1 is 1.20 bits per heavy atom. The molecule has 0 bridgehead atoms. The number of amides is 1. The third kappa shape index (κ3) is 4.29. The summed E-state index contributed by atoms with van der Waals surface area (Å²) >= 11 is 4.91. The summed E-state index contributed by atoms with van der Waals surface area (Å²) in [5, 5.41) is 1.91. The van der Waals surface area contributed by atoms with E-state index in [0.717, 1.165) is 9.35 Å². The first-order chi connectivity index (χ1) is 12.1. The molecule has 0 N–H and O–H groups in total. The SMILES string of the molecule is COc1ccc(Br)c(C(=O)N2CCN(CC(=O)c3cccs3)CC2)c1. The molecule has 0 unspecified atom stereocenters. The number of piperazine rings is 1. The van der Waals surface area contributed by atoms with Crippen LogP contribution in [0.1, 0.15) is 20.0 Å². The zero-order chi connectivity index (χ0) is 17.8. The average molecular weight is 423 g/mol. The van der Waals surface area contributed by atoms with Crippen LogP contribution in [-0.4, -0.2) is 61.3 Å². The van der Waals surface area contributed by atoms with E-state index in [1.54, 1.807) is 13.2 Å². The van der Waals surface area contributed by atoms with Crippen LogP contribution in [0.4, 0.5) is 0 Å². The number of rotatable bonds is 5. The fourth-order valence-electron chi connectivity index (χ4n) is 2.79. The highest BCUT2D eigenvalue weighted by Gasteiger charge is 2.25. The minimum Gasteiger partial charge on any atom is -0.497 e. The van der Waals surface area contributed by atoms with Crippen LogP contribution < -0.4 is 4.74 Å². The van der Waals surface area contributed by atoms with E-state index in [0.29, 0.717) is 44.0 Å². The molecule has 0 radical (unpaired) electrons. The van der Waals surface area contributed by atoms with Crippen molar-refractivity contribution in [3.05, 3.63) is 50.6 Å². The number of ketones is 1. The molecule has 0 atom stereocenters. The fraction of sp³-hybridized carbons (Fsp3) is 0.333. The molecule has 2 heterocycles. The van der Waals surface area contributed by atoms with Crippen LogP contribution in [0.5, 0.6) is 5.75 Å². The lowest BCUT2D eigenvalue weighted by atomic mass is 10.1. The molecule has 1 aromatic heterocycles. The van der Waals surface area contributed by atoms with E-state index in [1.807, 2.05) is 34.5 Å². The maximum absolute atomic E-state index is 12.8. The second-order valence-corrected chi connectivity index (χ2v) is 7.62. The normalized spacial score (nSPS) is 15.2. The number of benzene rings is 1. The molecule has 1 fully saturated rings. The molecule has 0 spiro atoms. The van der Waals surface area contributed by atoms with Crippen LogP contribution in [0, 0.1) is 0 Å². The molecule has 0 aliphatic carbocycles. The topological polar surface area (TPSA) is 49.9 Å². The fourth-order valence-corrected chi connectivity index (χ4v) is 3.87. The smallest absolute Gasteiger partial charge is 0.255 e. The monoisotopic (exact) mass is 422 g/mol. The summed E-state index contributed by atoms with van der Waals surface area (Å²) in [5.41, 5.74) is 0.600. The molecule has 1 aliphatic heterocycles. The maximum atomic E-state index is 12.8. The molecule has 0 saturated carbocycles. The molecular formula is C18H19BrN2O3S. The van der Waals surface area contributed by atoms with Gasteiger partial charge in [0, 0.05) is 30.7 Å². The molecule has 25 heavy (non-hydrogen) atoms. The second-order valence-electron chi connectivity index (χ2n) is 5.81. The molecule has 2 aromatic rings. The van der Waals surface area contributed by atoms with E-state index in [4.69, 9.17) is 4.74 Å². The van der Waals surface area contributed by atoms with Gasteiger partial charge < -0.3 is 9.64 Å². The first kappa shape index (κ1) is 18.1. The van der Waals surface area contributed by atoms with Crippen molar-refractivity contribution in [2.75, 3.05) is 39.8 Å². The summed E-state index contributed by atoms with van der Waals surface area (Å²) in [6.45, 7) is 3.03. The van der Waals surface area contributed by atoms with E-state index in [-0.39, 0.29) is 11.7 Å². The minimum atomic E-state index is -0.0185. The highest BCUT2D eigenvalue weighted by molar-refractivity contribution is 9.10. The van der Waals surface area contributed by atoms with Crippen molar-refractivity contribution in [1.82, 2.24) is 9.80 Å². The summed E-state index contributed by atoms with van der Waals surface area (Å²) in [5.74, 6) is 0.784. The summed E-state index contributed by atoms with van der Waals surface area (Å²) in [7, 11) is 1.58. The van der Waals surface area contributed by atoms with Gasteiger partial charge in [-0.2, -0.15) is 0 Å². The highest BCUT2D eigenvalue weighted by atomic mass is 79.9. The largest absolute Gasteiger partial charge is 0.497 e. The predicted octanol–water partition coefficient (Wildman–Crippen LogP) is 3.16. The standard InChI is InChI=1S/C18H19BrN2O3S/c1-24-13-4-5-15(19)14(11-13)18(23)21-8-6-20(7-9-21)12-16(22)17-3-2-10-25-17/h2-5,10-11H,6-9,12H2,1H3. The van der Waals surface area contributed by atoms with Crippen molar-refractivity contribution >= 4 is 39.0 Å². The van der Waals surface area contributed by atoms with Crippen LogP contribution in [0.3, 0.4) is 0 Å². The number of Topliss-reactive ketones (excluding diaryl/α,β-unsaturated/α-hetero) is 1. The molecule has 1 aliphatic rings. The van der Waals surface area contributed by atoms with Crippen LogP contribution in [-0.2, 0) is 0 Å². The van der Waals surface area contributed by atoms with Crippen molar-refractivity contribution < 1.29 is 14.3 Å². The molecule has 132 valence electrons. The summed E-state index contributed by atoms with van der Waals surface area (Å²) in [6, 6.07) is 9.13. The zero-order valence-electron chi connectivity index (χ0n) is 13.9. The predicted molar refractivity (Wildman–Crippen MR) is 102 cm³/mol. The van der Waals surface area contributed by atoms with Gasteiger partial charge in [-0.05, 0) is 45.6 Å². The third-order valence-electron chi connectivity index (χ3n) is 4.23. The third-order valence-corrected chi connectivity index (χ3v) is 5.83. The molecule has 5 nitrogen and oxygen atoms in total. The summed E-state index contributed by atoms with van der Waals surface area (Å²) in [4.78, 5) is 29.7. The lowest BCUT2D eigenvalue weighted by Crippen LogP contribution is -2.49. The molecule has 3 rings (SSSR count). The zero-order valence-corrected chi connectivity index (χ0v) is 16.3. The van der Waals surface area contributed by atoms with E-state index in [2.05, 4.69) is 20.8 Å². The Labute approximate surface area is 159 Å². The number of ether oxygens (including phenoxy) is 1. The lowest BCUT2D eigenvalue weighted by molar-refractivity contribution is 0.0624. The molecule has 7 heteroatoms. The van der Waals surface area contributed by atoms with Crippen LogP contribution >= 0.6 is 27.3 Å². The van der Waals surface area contributed by atoms with Gasteiger partial charge in [0.05, 0.1) is 24.1 Å². The number of thiophene rings is 1. The first-order valence-corrected chi connectivity index (χ1v) is 9.67. The average Bonchev–Trinajstić information content (AvgIpc) is 3.17. The van der Waals surface area contributed by atoms with Crippen molar-refractivity contribution in [3.63, 3.8) is 0 Å². The molecular weight excluding hydrogens is 404 g/mol. The van der Waals surface area contributed by atoms with Crippen LogP contribution in [0.2, 0.25) is 0 Å². The minimum absolute atomic E-state index is 0.0185. The number of carbonyl (C=O) groups is 2. The first-order valence-electron chi connectivity index (χ1n) is 8.00. The van der Waals surface area contributed by atoms with Crippen molar-refractivity contribution in [1.29, 1.82) is 0 Å². The summed E-state index contributed by atoms with van der Waals surface area (Å²) in [6.07, 6.45) is 0. The van der Waals surface area contributed by atoms with E-state index < -0.39 is 0 Å². The second kappa shape index (κ2) is 8.12. The van der Waals surface area contributed by atoms with Gasteiger partial charge in [-0.1, -0.05) is 6.07 Å². The summed E-state index contributed by atoms with van der Waals surface area (Å²) < 4.78 is 5.97. The Morgan fingerprint density at radius 3 is 2.60 bits per heavy atom. The highest BCUT2D eigenvalue weighted by Crippen LogP contribution is 2.24. The Morgan fingerprint density at radius 2 is 1.96 bits per heavy atom. The van der Waals surface area contributed by atoms with Gasteiger partial charge in [0.1, 0.15) is 5.75 Å². The van der Waals surface area contributed by atoms with Crippen molar-refractivity contribution in [3.8, 4) is 5.75 Å². The van der Waals surface area contributed by atoms with E-state index in [1.165, 1.54) is 11.3 Å². The van der Waals surface area contributed by atoms with Gasteiger partial charge >= 0.3 is 0 Å². The number of methoxy groups -OCH3 is 1. The Bertz CT molecular complexity index is 756. The van der Waals surface area contributed by atoms with E-state index >= 15 is 0 Å². The molecule has 1 amide bonds. The van der Waals surface area contributed by atoms with Gasteiger partial charge in [-0.25, -0.2) is 0 Å². The number of halogens is 1.